The van der Waals surface area contributed by atoms with E-state index in [0.29, 0.717) is 35.7 Å². The Morgan fingerprint density at radius 2 is 1.94 bits per heavy atom. The average molecular weight is 492 g/mol. The van der Waals surface area contributed by atoms with Gasteiger partial charge < -0.3 is 15.3 Å². The van der Waals surface area contributed by atoms with Gasteiger partial charge in [0.05, 0.1) is 11.8 Å². The molecule has 3 heterocycles. The number of carbonyl (C=O) groups excluding carboxylic acids is 1. The van der Waals surface area contributed by atoms with E-state index in [2.05, 4.69) is 15.3 Å². The summed E-state index contributed by atoms with van der Waals surface area (Å²) in [5.74, 6) is -0.407. The Morgan fingerprint density at radius 3 is 2.59 bits per heavy atom. The summed E-state index contributed by atoms with van der Waals surface area (Å²) in [5.41, 5.74) is -2.93. The summed E-state index contributed by atoms with van der Waals surface area (Å²) in [6, 6.07) is 8.17. The van der Waals surface area contributed by atoms with Crippen LogP contribution in [0.15, 0.2) is 59.9 Å². The first-order valence-electron chi connectivity index (χ1n) is 10.4. The Hall–Kier alpha value is -3.18. The zero-order chi connectivity index (χ0) is 24.3. The maximum atomic E-state index is 13.9. The number of carbonyl (C=O) groups is 1. The van der Waals surface area contributed by atoms with E-state index in [0.717, 1.165) is 12.6 Å². The van der Waals surface area contributed by atoms with E-state index in [-0.39, 0.29) is 34.7 Å². The van der Waals surface area contributed by atoms with Crippen LogP contribution in [0.4, 0.5) is 29.1 Å². The SMILES string of the molecule is O=C(Nc1ccc(SC(F)(F)F)cc1)c1cnc(N2CC[C@H](CO)C2)c(-c2cncc(F)c2)c1. The number of thioether (sulfide) groups is 1. The standard InChI is InChI=1S/C23H20F4N4O2S/c24-17-7-15(9-28-11-17)20-8-16(10-29-21(20)31-6-5-14(12-31)13-32)22(33)30-18-1-3-19(4-2-18)34-23(25,26)27/h1-4,7-11,14,32H,5-6,12-13H2,(H,30,33)/t14-/m0/s1. The molecular formula is C23H20F4N4O2S. The predicted octanol–water partition coefficient (Wildman–Crippen LogP) is 4.97. The molecule has 0 aliphatic carbocycles. The number of aliphatic hydroxyl groups is 1. The number of alkyl halides is 3. The summed E-state index contributed by atoms with van der Waals surface area (Å²) in [4.78, 5) is 23.2. The summed E-state index contributed by atoms with van der Waals surface area (Å²) in [5, 5.41) is 12.1. The van der Waals surface area contributed by atoms with E-state index in [1.54, 1.807) is 6.07 Å². The number of hydrogen-bond acceptors (Lipinski definition) is 6. The Balaban J connectivity index is 1.59. The van der Waals surface area contributed by atoms with Gasteiger partial charge >= 0.3 is 5.51 Å². The van der Waals surface area contributed by atoms with Gasteiger partial charge in [0.1, 0.15) is 11.6 Å². The van der Waals surface area contributed by atoms with Crippen LogP contribution in [0.2, 0.25) is 0 Å². The van der Waals surface area contributed by atoms with Gasteiger partial charge in [-0.1, -0.05) is 0 Å². The maximum absolute atomic E-state index is 13.9. The van der Waals surface area contributed by atoms with E-state index in [1.165, 1.54) is 42.7 Å². The predicted molar refractivity (Wildman–Crippen MR) is 121 cm³/mol. The van der Waals surface area contributed by atoms with Gasteiger partial charge in [-0.15, -0.1) is 0 Å². The molecule has 0 bridgehead atoms. The Bertz CT molecular complexity index is 1170. The molecule has 34 heavy (non-hydrogen) atoms. The number of aromatic nitrogens is 2. The Kier molecular flexibility index (Phi) is 7.03. The van der Waals surface area contributed by atoms with E-state index in [1.807, 2.05) is 4.90 Å². The van der Waals surface area contributed by atoms with E-state index < -0.39 is 17.2 Å². The second-order valence-corrected chi connectivity index (χ2v) is 8.94. The lowest BCUT2D eigenvalue weighted by molar-refractivity contribution is -0.0328. The smallest absolute Gasteiger partial charge is 0.396 e. The second-order valence-electron chi connectivity index (χ2n) is 7.80. The first-order chi connectivity index (χ1) is 16.2. The highest BCUT2D eigenvalue weighted by Crippen LogP contribution is 2.37. The molecule has 11 heteroatoms. The van der Waals surface area contributed by atoms with Crippen LogP contribution in [0.3, 0.4) is 0 Å². The van der Waals surface area contributed by atoms with Crippen LogP contribution in [-0.4, -0.2) is 46.2 Å². The summed E-state index contributed by atoms with van der Waals surface area (Å²) in [6.07, 6.45) is 4.72. The number of benzene rings is 1. The molecule has 0 unspecified atom stereocenters. The lowest BCUT2D eigenvalue weighted by Gasteiger charge is -2.21. The van der Waals surface area contributed by atoms with Crippen LogP contribution >= 0.6 is 11.8 Å². The fraction of sp³-hybridized carbons (Fsp3) is 0.261. The fourth-order valence-corrected chi connectivity index (χ4v) is 4.26. The highest BCUT2D eigenvalue weighted by atomic mass is 32.2. The highest BCUT2D eigenvalue weighted by molar-refractivity contribution is 8.00. The van der Waals surface area contributed by atoms with Gasteiger partial charge in [-0.2, -0.15) is 13.2 Å². The van der Waals surface area contributed by atoms with Crippen LogP contribution in [-0.2, 0) is 0 Å². The average Bonchev–Trinajstić information content (AvgIpc) is 3.28. The van der Waals surface area contributed by atoms with Gasteiger partial charge in [-0.05, 0) is 54.6 Å². The minimum Gasteiger partial charge on any atom is -0.396 e. The first-order valence-corrected chi connectivity index (χ1v) is 11.2. The number of pyridine rings is 2. The van der Waals surface area contributed by atoms with Crippen LogP contribution in [0.25, 0.3) is 11.1 Å². The van der Waals surface area contributed by atoms with Gasteiger partial charge in [0.2, 0.25) is 0 Å². The monoisotopic (exact) mass is 492 g/mol. The highest BCUT2D eigenvalue weighted by Gasteiger charge is 2.29. The van der Waals surface area contributed by atoms with Gasteiger partial charge in [0.15, 0.2) is 0 Å². The minimum atomic E-state index is -4.40. The van der Waals surface area contributed by atoms with Crippen molar-refractivity contribution in [3.63, 3.8) is 0 Å². The number of rotatable bonds is 6. The van der Waals surface area contributed by atoms with E-state index in [9.17, 15) is 27.5 Å². The van der Waals surface area contributed by atoms with Crippen molar-refractivity contribution in [3.8, 4) is 11.1 Å². The molecule has 2 N–H and O–H groups in total. The van der Waals surface area contributed by atoms with Crippen LogP contribution in [0, 0.1) is 11.7 Å². The lowest BCUT2D eigenvalue weighted by Crippen LogP contribution is -2.23. The van der Waals surface area contributed by atoms with Crippen molar-refractivity contribution in [1.82, 2.24) is 9.97 Å². The molecule has 0 radical (unpaired) electrons. The van der Waals surface area contributed by atoms with Crippen molar-refractivity contribution >= 4 is 29.2 Å². The third-order valence-electron chi connectivity index (χ3n) is 5.33. The molecule has 1 amide bonds. The van der Waals surface area contributed by atoms with Crippen LogP contribution in [0.5, 0.6) is 0 Å². The molecule has 6 nitrogen and oxygen atoms in total. The van der Waals surface area contributed by atoms with Crippen molar-refractivity contribution < 1.29 is 27.5 Å². The molecule has 0 spiro atoms. The van der Waals surface area contributed by atoms with Gasteiger partial charge in [-0.25, -0.2) is 9.37 Å². The second kappa shape index (κ2) is 9.98. The Morgan fingerprint density at radius 1 is 1.18 bits per heavy atom. The number of halogens is 4. The number of nitrogens with zero attached hydrogens (tertiary/aromatic N) is 3. The summed E-state index contributed by atoms with van der Waals surface area (Å²) in [6.45, 7) is 1.28. The molecule has 1 saturated heterocycles. The van der Waals surface area contributed by atoms with Crippen molar-refractivity contribution in [2.24, 2.45) is 5.92 Å². The van der Waals surface area contributed by atoms with Crippen LogP contribution in [0.1, 0.15) is 16.8 Å². The van der Waals surface area contributed by atoms with E-state index >= 15 is 0 Å². The molecule has 1 aliphatic heterocycles. The van der Waals surface area contributed by atoms with E-state index in [4.69, 9.17) is 0 Å². The molecule has 1 aromatic carbocycles. The minimum absolute atomic E-state index is 0.00389. The zero-order valence-corrected chi connectivity index (χ0v) is 18.5. The molecule has 178 valence electrons. The molecule has 4 rings (SSSR count). The first kappa shape index (κ1) is 24.0. The van der Waals surface area contributed by atoms with Crippen molar-refractivity contribution in [1.29, 1.82) is 0 Å². The van der Waals surface area contributed by atoms with Crippen LogP contribution < -0.4 is 10.2 Å². The molecule has 1 atom stereocenters. The number of aliphatic hydroxyl groups excluding tert-OH is 1. The molecule has 1 aliphatic rings. The normalized spacial score (nSPS) is 16.0. The van der Waals surface area contributed by atoms with Crippen molar-refractivity contribution in [2.75, 3.05) is 29.9 Å². The summed E-state index contributed by atoms with van der Waals surface area (Å²) in [7, 11) is 0. The van der Waals surface area contributed by atoms with Crippen molar-refractivity contribution in [2.45, 2.75) is 16.8 Å². The number of anilines is 2. The third kappa shape index (κ3) is 5.84. The molecule has 3 aromatic rings. The largest absolute Gasteiger partial charge is 0.446 e. The quantitative estimate of drug-likeness (QED) is 0.374. The van der Waals surface area contributed by atoms with Gasteiger partial charge in [0, 0.05) is 59.7 Å². The zero-order valence-electron chi connectivity index (χ0n) is 17.7. The number of hydrogen-bond donors (Lipinski definition) is 2. The topological polar surface area (TPSA) is 78.4 Å². The van der Waals surface area contributed by atoms with Gasteiger partial charge in [-0.3, -0.25) is 9.78 Å². The fourth-order valence-electron chi connectivity index (χ4n) is 3.72. The van der Waals surface area contributed by atoms with Crippen molar-refractivity contribution in [3.05, 3.63) is 66.4 Å². The summed E-state index contributed by atoms with van der Waals surface area (Å²) < 4.78 is 51.4. The molecule has 1 fully saturated rings. The van der Waals surface area contributed by atoms with Gasteiger partial charge in [0.25, 0.3) is 5.91 Å². The third-order valence-corrected chi connectivity index (χ3v) is 6.07. The Labute approximate surface area is 197 Å². The number of nitrogens with one attached hydrogen (secondary N) is 1. The molecule has 0 saturated carbocycles. The molecular weight excluding hydrogens is 472 g/mol. The number of amides is 1. The molecule has 2 aromatic heterocycles. The summed E-state index contributed by atoms with van der Waals surface area (Å²) >= 11 is -0.239. The lowest BCUT2D eigenvalue weighted by atomic mass is 10.1. The maximum Gasteiger partial charge on any atom is 0.446 e.